The van der Waals surface area contributed by atoms with Crippen LogP contribution in [-0.2, 0) is 31.9 Å². The number of alkyl carbamates (subject to hydrolysis) is 2. The summed E-state index contributed by atoms with van der Waals surface area (Å²) in [5.74, 6) is -0.978. The maximum Gasteiger partial charge on any atom is 0.414 e. The minimum Gasteiger partial charge on any atom is -0.444 e. The van der Waals surface area contributed by atoms with Crippen LogP contribution < -0.4 is 20.7 Å². The summed E-state index contributed by atoms with van der Waals surface area (Å²) in [6.45, 7) is 13.1. The first-order valence-electron chi connectivity index (χ1n) is 18.2. The van der Waals surface area contributed by atoms with Crippen molar-refractivity contribution >= 4 is 47.3 Å². The fourth-order valence-electron chi connectivity index (χ4n) is 5.91. The third kappa shape index (κ3) is 13.5. The molecule has 3 N–H and O–H groups in total. The largest absolute Gasteiger partial charge is 0.444 e. The molecule has 0 radical (unpaired) electrons. The maximum absolute atomic E-state index is 13.2. The number of fused-ring (bicyclic) bond motifs is 1. The number of aliphatic imine (C=N–C) groups is 1. The van der Waals surface area contributed by atoms with Crippen molar-refractivity contribution in [3.63, 3.8) is 0 Å². The highest BCUT2D eigenvalue weighted by atomic mass is 16.6. The van der Waals surface area contributed by atoms with Crippen molar-refractivity contribution < 1.29 is 43.0 Å². The smallest absolute Gasteiger partial charge is 0.414 e. The van der Waals surface area contributed by atoms with Gasteiger partial charge in [-0.2, -0.15) is 0 Å². The van der Waals surface area contributed by atoms with E-state index >= 15 is 0 Å². The van der Waals surface area contributed by atoms with Crippen molar-refractivity contribution in [2.75, 3.05) is 0 Å². The number of nitrogens with zero attached hydrogens (tertiary/aromatic N) is 1. The maximum atomic E-state index is 13.2. The summed E-state index contributed by atoms with van der Waals surface area (Å²) in [6.07, 6.45) is 1.25. The normalized spacial score (nSPS) is 14.3. The van der Waals surface area contributed by atoms with Crippen molar-refractivity contribution in [2.45, 2.75) is 111 Å². The number of hydrogen-bond acceptors (Lipinski definition) is 10. The van der Waals surface area contributed by atoms with E-state index in [2.05, 4.69) is 20.9 Å². The molecule has 3 amide bonds. The number of carbonyl (C=O) groups excluding carboxylic acids is 6. The van der Waals surface area contributed by atoms with E-state index in [0.717, 1.165) is 36.0 Å². The number of benzene rings is 3. The van der Waals surface area contributed by atoms with E-state index in [4.69, 9.17) is 14.2 Å². The molecule has 13 heteroatoms. The molecular formula is C42H50N4O9. The van der Waals surface area contributed by atoms with Gasteiger partial charge in [-0.05, 0) is 140 Å². The fraction of sp³-hybridized carbons (Fsp3) is 0.405. The van der Waals surface area contributed by atoms with Crippen LogP contribution in [0.15, 0.2) is 71.7 Å². The number of esters is 1. The number of ketones is 2. The van der Waals surface area contributed by atoms with Crippen molar-refractivity contribution in [3.8, 4) is 5.75 Å². The SMILES string of the molecule is CC(=O)c1ccc(C[C@H](NC(=O)CC2CCCc3cc(OC(=O)c4ccc(N=C(NC(=O)OC(C)(C)C)NC(=O)OC(C)(C)C)cc4)ccc32)C(C)=O)cc1. The number of aryl methyl sites for hydroxylation is 1. The molecule has 0 saturated carbocycles. The van der Waals surface area contributed by atoms with Crippen LogP contribution in [0.25, 0.3) is 0 Å². The minimum atomic E-state index is -0.839. The lowest BCUT2D eigenvalue weighted by atomic mass is 9.80. The van der Waals surface area contributed by atoms with Gasteiger partial charge in [-0.1, -0.05) is 30.3 Å². The van der Waals surface area contributed by atoms with Gasteiger partial charge in [-0.15, -0.1) is 0 Å². The zero-order valence-corrected chi connectivity index (χ0v) is 32.7. The molecule has 13 nitrogen and oxygen atoms in total. The number of guanidine groups is 1. The molecule has 1 aliphatic carbocycles. The Balaban J connectivity index is 1.39. The summed E-state index contributed by atoms with van der Waals surface area (Å²) in [5.41, 5.74) is 2.36. The number of Topliss-reactive ketones (excluding diaryl/α,β-unsaturated/α-hetero) is 2. The van der Waals surface area contributed by atoms with Gasteiger partial charge in [0, 0.05) is 12.0 Å². The molecule has 2 atom stereocenters. The molecule has 0 spiro atoms. The first kappa shape index (κ1) is 41.9. The first-order valence-corrected chi connectivity index (χ1v) is 18.2. The lowest BCUT2D eigenvalue weighted by molar-refractivity contribution is -0.127. The van der Waals surface area contributed by atoms with Gasteiger partial charge < -0.3 is 19.5 Å². The molecule has 4 rings (SSSR count). The van der Waals surface area contributed by atoms with Crippen molar-refractivity contribution in [1.29, 1.82) is 0 Å². The van der Waals surface area contributed by atoms with Crippen LogP contribution in [-0.4, -0.2) is 58.8 Å². The molecule has 3 aromatic rings. The monoisotopic (exact) mass is 754 g/mol. The second kappa shape index (κ2) is 18.0. The first-order chi connectivity index (χ1) is 25.7. The molecule has 0 aromatic heterocycles. The lowest BCUT2D eigenvalue weighted by Crippen LogP contribution is -2.47. The Kier molecular flexibility index (Phi) is 13.7. The van der Waals surface area contributed by atoms with Crippen LogP contribution in [0, 0.1) is 0 Å². The average Bonchev–Trinajstić information content (AvgIpc) is 3.06. The molecule has 0 bridgehead atoms. The number of nitrogens with one attached hydrogen (secondary N) is 3. The average molecular weight is 755 g/mol. The minimum absolute atomic E-state index is 0.0440. The van der Waals surface area contributed by atoms with Crippen molar-refractivity contribution in [1.82, 2.24) is 16.0 Å². The Bertz CT molecular complexity index is 1910. The molecule has 0 fully saturated rings. The number of ether oxygens (including phenoxy) is 3. The van der Waals surface area contributed by atoms with E-state index in [9.17, 15) is 28.8 Å². The van der Waals surface area contributed by atoms with Gasteiger partial charge in [0.15, 0.2) is 11.6 Å². The lowest BCUT2D eigenvalue weighted by Gasteiger charge is -2.26. The Morgan fingerprint density at radius 1 is 0.782 bits per heavy atom. The number of amides is 3. The Hall–Kier alpha value is -5.85. The van der Waals surface area contributed by atoms with E-state index in [-0.39, 0.29) is 41.3 Å². The molecular weight excluding hydrogens is 704 g/mol. The third-order valence-corrected chi connectivity index (χ3v) is 8.40. The summed E-state index contributed by atoms with van der Waals surface area (Å²) in [5, 5.41) is 7.73. The highest BCUT2D eigenvalue weighted by Gasteiger charge is 2.26. The summed E-state index contributed by atoms with van der Waals surface area (Å²) < 4.78 is 16.3. The van der Waals surface area contributed by atoms with Gasteiger partial charge in [-0.25, -0.2) is 19.4 Å². The van der Waals surface area contributed by atoms with Gasteiger partial charge >= 0.3 is 18.2 Å². The van der Waals surface area contributed by atoms with Crippen molar-refractivity contribution in [2.24, 2.45) is 4.99 Å². The van der Waals surface area contributed by atoms with E-state index in [1.165, 1.54) is 38.1 Å². The van der Waals surface area contributed by atoms with Crippen LogP contribution in [0.2, 0.25) is 0 Å². The van der Waals surface area contributed by atoms with E-state index in [1.807, 2.05) is 12.1 Å². The molecule has 1 aliphatic rings. The van der Waals surface area contributed by atoms with Crippen LogP contribution >= 0.6 is 0 Å². The summed E-state index contributed by atoms with van der Waals surface area (Å²) >= 11 is 0. The van der Waals surface area contributed by atoms with Crippen LogP contribution in [0.1, 0.15) is 118 Å². The molecule has 1 unspecified atom stereocenters. The highest BCUT2D eigenvalue weighted by molar-refractivity contribution is 6.02. The van der Waals surface area contributed by atoms with E-state index in [0.29, 0.717) is 23.4 Å². The molecule has 0 aliphatic heterocycles. The Labute approximate surface area is 321 Å². The van der Waals surface area contributed by atoms with Gasteiger partial charge in [0.2, 0.25) is 11.9 Å². The van der Waals surface area contributed by atoms with Gasteiger partial charge in [0.25, 0.3) is 0 Å². The van der Waals surface area contributed by atoms with Crippen LogP contribution in [0.3, 0.4) is 0 Å². The third-order valence-electron chi connectivity index (χ3n) is 8.40. The Morgan fingerprint density at radius 3 is 1.91 bits per heavy atom. The van der Waals surface area contributed by atoms with E-state index < -0.39 is 35.4 Å². The fourth-order valence-corrected chi connectivity index (χ4v) is 5.91. The van der Waals surface area contributed by atoms with E-state index in [1.54, 1.807) is 71.9 Å². The quantitative estimate of drug-likeness (QED) is 0.0631. The van der Waals surface area contributed by atoms with Gasteiger partial charge in [0.05, 0.1) is 17.3 Å². The molecule has 0 saturated heterocycles. The summed E-state index contributed by atoms with van der Waals surface area (Å²) in [6, 6.07) is 17.8. The van der Waals surface area contributed by atoms with Crippen molar-refractivity contribution in [3.05, 3.63) is 94.5 Å². The molecule has 3 aromatic carbocycles. The second-order valence-electron chi connectivity index (χ2n) is 15.5. The van der Waals surface area contributed by atoms with Crippen LogP contribution in [0.4, 0.5) is 15.3 Å². The summed E-state index contributed by atoms with van der Waals surface area (Å²) in [7, 11) is 0. The van der Waals surface area contributed by atoms with Gasteiger partial charge in [-0.3, -0.25) is 25.0 Å². The Morgan fingerprint density at radius 2 is 1.36 bits per heavy atom. The predicted molar refractivity (Wildman–Crippen MR) is 207 cm³/mol. The highest BCUT2D eigenvalue weighted by Crippen LogP contribution is 2.36. The topological polar surface area (TPSA) is 179 Å². The second-order valence-corrected chi connectivity index (χ2v) is 15.5. The van der Waals surface area contributed by atoms with Gasteiger partial charge in [0.1, 0.15) is 17.0 Å². The zero-order valence-electron chi connectivity index (χ0n) is 32.7. The van der Waals surface area contributed by atoms with Crippen LogP contribution in [0.5, 0.6) is 5.75 Å². The predicted octanol–water partition coefficient (Wildman–Crippen LogP) is 7.27. The number of hydrogen-bond donors (Lipinski definition) is 3. The standard InChI is InChI=1S/C42H50N4O9/c1-25(47)28-14-12-27(13-15-28)22-35(26(2)48)44-36(49)24-31-11-9-10-30-23-33(20-21-34(30)31)53-37(50)29-16-18-32(19-17-29)43-38(45-39(51)54-41(3,4)5)46-40(52)55-42(6,7)8/h12-21,23,31,35H,9-11,22,24H2,1-8H3,(H,44,49)(H2,43,45,46,51,52)/t31?,35-/m0/s1. The molecule has 0 heterocycles. The number of rotatable bonds is 10. The summed E-state index contributed by atoms with van der Waals surface area (Å²) in [4.78, 5) is 79.5. The number of carbonyl (C=O) groups is 6. The molecule has 55 heavy (non-hydrogen) atoms. The zero-order chi connectivity index (χ0) is 40.5. The molecule has 292 valence electrons.